The van der Waals surface area contributed by atoms with Crippen LogP contribution in [0.4, 0.5) is 13.2 Å². The van der Waals surface area contributed by atoms with Crippen molar-refractivity contribution in [2.24, 2.45) is 0 Å². The molecule has 90 valence electrons. The van der Waals surface area contributed by atoms with Crippen molar-refractivity contribution in [3.63, 3.8) is 0 Å². The minimum absolute atomic E-state index is 0.130. The maximum absolute atomic E-state index is 12.6. The summed E-state index contributed by atoms with van der Waals surface area (Å²) in [5.41, 5.74) is -1.42. The van der Waals surface area contributed by atoms with Crippen LogP contribution in [0.25, 0.3) is 10.9 Å². The zero-order valence-corrected chi connectivity index (χ0v) is 8.73. The van der Waals surface area contributed by atoms with Crippen molar-refractivity contribution in [3.8, 4) is 0 Å². The predicted molar refractivity (Wildman–Crippen MR) is 53.1 cm³/mol. The van der Waals surface area contributed by atoms with E-state index in [1.54, 1.807) is 0 Å². The Morgan fingerprint density at radius 3 is 2.59 bits per heavy atom. The Morgan fingerprint density at radius 2 is 2.06 bits per heavy atom. The van der Waals surface area contributed by atoms with Gasteiger partial charge < -0.3 is 5.11 Å². The van der Waals surface area contributed by atoms with Crippen LogP contribution in [-0.2, 0) is 6.18 Å². The average molecular weight is 265 g/mol. The molecular formula is C9H4ClF3N2O2. The van der Waals surface area contributed by atoms with E-state index in [1.165, 1.54) is 0 Å². The summed E-state index contributed by atoms with van der Waals surface area (Å²) >= 11 is 5.46. The summed E-state index contributed by atoms with van der Waals surface area (Å²) in [6.07, 6.45) is -4.64. The summed E-state index contributed by atoms with van der Waals surface area (Å²) in [6.45, 7) is 0. The molecule has 4 nitrogen and oxygen atoms in total. The van der Waals surface area contributed by atoms with Gasteiger partial charge in [-0.2, -0.15) is 18.3 Å². The van der Waals surface area contributed by atoms with E-state index in [0.717, 1.165) is 6.07 Å². The first-order chi connectivity index (χ1) is 7.80. The van der Waals surface area contributed by atoms with Crippen LogP contribution in [0.1, 0.15) is 16.1 Å². The Kier molecular flexibility index (Phi) is 2.50. The van der Waals surface area contributed by atoms with Gasteiger partial charge in [0.1, 0.15) is 0 Å². The van der Waals surface area contributed by atoms with Gasteiger partial charge in [-0.25, -0.2) is 4.79 Å². The molecule has 0 bridgehead atoms. The molecule has 0 unspecified atom stereocenters. The van der Waals surface area contributed by atoms with E-state index in [1.807, 2.05) is 0 Å². The molecule has 1 aromatic heterocycles. The standard InChI is InChI=1S/C9H4ClF3N2O2/c10-5-2-6-3(1-4(5)9(11,12)13)7(8(16)17)15-14-6/h1-2H,(H,14,15)(H,16,17). The molecule has 0 spiro atoms. The third-order valence-electron chi connectivity index (χ3n) is 2.16. The minimum atomic E-state index is -4.64. The largest absolute Gasteiger partial charge is 0.476 e. The third-order valence-corrected chi connectivity index (χ3v) is 2.47. The normalized spacial score (nSPS) is 12.0. The lowest BCUT2D eigenvalue weighted by Crippen LogP contribution is -2.06. The number of fused-ring (bicyclic) bond motifs is 1. The molecule has 1 aromatic carbocycles. The number of aromatic nitrogens is 2. The van der Waals surface area contributed by atoms with Crippen LogP contribution in [0.2, 0.25) is 5.02 Å². The number of nitrogens with one attached hydrogen (secondary N) is 1. The molecule has 0 aliphatic heterocycles. The first kappa shape index (κ1) is 11.7. The van der Waals surface area contributed by atoms with Gasteiger partial charge in [0, 0.05) is 5.39 Å². The Bertz CT molecular complexity index is 606. The van der Waals surface area contributed by atoms with Crippen molar-refractivity contribution < 1.29 is 23.1 Å². The van der Waals surface area contributed by atoms with Crippen molar-refractivity contribution in [3.05, 3.63) is 28.4 Å². The van der Waals surface area contributed by atoms with Crippen LogP contribution in [0.3, 0.4) is 0 Å². The molecule has 1 heterocycles. The third kappa shape index (κ3) is 1.93. The zero-order valence-electron chi connectivity index (χ0n) is 7.97. The second-order valence-electron chi connectivity index (χ2n) is 3.25. The lowest BCUT2D eigenvalue weighted by atomic mass is 10.1. The minimum Gasteiger partial charge on any atom is -0.476 e. The van der Waals surface area contributed by atoms with E-state index in [9.17, 15) is 18.0 Å². The second kappa shape index (κ2) is 3.63. The van der Waals surface area contributed by atoms with Crippen molar-refractivity contribution in [1.29, 1.82) is 0 Å². The highest BCUT2D eigenvalue weighted by Gasteiger charge is 2.34. The average Bonchev–Trinajstić information content (AvgIpc) is 2.57. The van der Waals surface area contributed by atoms with Crippen LogP contribution in [0.5, 0.6) is 0 Å². The van der Waals surface area contributed by atoms with Crippen molar-refractivity contribution in [1.82, 2.24) is 10.2 Å². The number of benzene rings is 1. The summed E-state index contributed by atoms with van der Waals surface area (Å²) < 4.78 is 37.7. The summed E-state index contributed by atoms with van der Waals surface area (Å²) in [7, 11) is 0. The van der Waals surface area contributed by atoms with Crippen molar-refractivity contribution >= 4 is 28.5 Å². The van der Waals surface area contributed by atoms with Gasteiger partial charge in [0.2, 0.25) is 0 Å². The highest BCUT2D eigenvalue weighted by atomic mass is 35.5. The van der Waals surface area contributed by atoms with Gasteiger partial charge >= 0.3 is 12.1 Å². The summed E-state index contributed by atoms with van der Waals surface area (Å²) in [6, 6.07) is 1.67. The first-order valence-corrected chi connectivity index (χ1v) is 4.66. The van der Waals surface area contributed by atoms with Crippen LogP contribution in [0.15, 0.2) is 12.1 Å². The predicted octanol–water partition coefficient (Wildman–Crippen LogP) is 2.93. The van der Waals surface area contributed by atoms with E-state index >= 15 is 0 Å². The highest BCUT2D eigenvalue weighted by Crippen LogP contribution is 2.37. The molecule has 0 saturated carbocycles. The molecule has 17 heavy (non-hydrogen) atoms. The Hall–Kier alpha value is -1.76. The van der Waals surface area contributed by atoms with E-state index in [4.69, 9.17) is 16.7 Å². The molecule has 8 heteroatoms. The smallest absolute Gasteiger partial charge is 0.417 e. The van der Waals surface area contributed by atoms with Gasteiger partial charge in [0.25, 0.3) is 0 Å². The molecule has 0 atom stereocenters. The number of carbonyl (C=O) groups is 1. The number of hydrogen-bond donors (Lipinski definition) is 2. The molecular weight excluding hydrogens is 261 g/mol. The van der Waals surface area contributed by atoms with Gasteiger partial charge in [0.05, 0.1) is 16.1 Å². The number of H-pyrrole nitrogens is 1. The Labute approximate surface area is 97.0 Å². The monoisotopic (exact) mass is 264 g/mol. The van der Waals surface area contributed by atoms with Gasteiger partial charge in [-0.1, -0.05) is 11.6 Å². The number of aromatic carboxylic acids is 1. The van der Waals surface area contributed by atoms with Gasteiger partial charge in [-0.05, 0) is 12.1 Å². The fraction of sp³-hybridized carbons (Fsp3) is 0.111. The van der Waals surface area contributed by atoms with Crippen molar-refractivity contribution in [2.75, 3.05) is 0 Å². The molecule has 2 N–H and O–H groups in total. The lowest BCUT2D eigenvalue weighted by molar-refractivity contribution is -0.137. The number of aromatic amines is 1. The number of carboxylic acids is 1. The lowest BCUT2D eigenvalue weighted by Gasteiger charge is -2.08. The Morgan fingerprint density at radius 1 is 1.41 bits per heavy atom. The molecule has 0 aliphatic rings. The van der Waals surface area contributed by atoms with Crippen LogP contribution in [-0.4, -0.2) is 21.3 Å². The summed E-state index contributed by atoms with van der Waals surface area (Å²) in [5.74, 6) is -1.41. The number of carboxylic acid groups (broad SMARTS) is 1. The summed E-state index contributed by atoms with van der Waals surface area (Å²) in [5, 5.41) is 13.8. The highest BCUT2D eigenvalue weighted by molar-refractivity contribution is 6.32. The van der Waals surface area contributed by atoms with Crippen LogP contribution < -0.4 is 0 Å². The number of halogens is 4. The fourth-order valence-corrected chi connectivity index (χ4v) is 1.69. The van der Waals surface area contributed by atoms with Gasteiger partial charge in [-0.15, -0.1) is 0 Å². The van der Waals surface area contributed by atoms with E-state index in [0.29, 0.717) is 6.07 Å². The quantitative estimate of drug-likeness (QED) is 0.832. The molecule has 2 aromatic rings. The van der Waals surface area contributed by atoms with E-state index < -0.39 is 28.4 Å². The topological polar surface area (TPSA) is 66.0 Å². The maximum atomic E-state index is 12.6. The van der Waals surface area contributed by atoms with Crippen molar-refractivity contribution in [2.45, 2.75) is 6.18 Å². The van der Waals surface area contributed by atoms with Crippen LogP contribution in [0, 0.1) is 0 Å². The SMILES string of the molecule is O=C(O)c1n[nH]c2cc(Cl)c(C(F)(F)F)cc12. The van der Waals surface area contributed by atoms with Gasteiger partial charge in [-0.3, -0.25) is 5.10 Å². The zero-order chi connectivity index (χ0) is 12.8. The molecule has 0 radical (unpaired) electrons. The van der Waals surface area contributed by atoms with Crippen LogP contribution >= 0.6 is 11.6 Å². The van der Waals surface area contributed by atoms with E-state index in [-0.39, 0.29) is 10.9 Å². The molecule has 2 rings (SSSR count). The van der Waals surface area contributed by atoms with Gasteiger partial charge in [0.15, 0.2) is 5.69 Å². The number of hydrogen-bond acceptors (Lipinski definition) is 2. The molecule has 0 saturated heterocycles. The Balaban J connectivity index is 2.77. The molecule has 0 fully saturated rings. The molecule has 0 aliphatic carbocycles. The maximum Gasteiger partial charge on any atom is 0.417 e. The number of nitrogens with zero attached hydrogens (tertiary/aromatic N) is 1. The molecule has 0 amide bonds. The fourth-order valence-electron chi connectivity index (χ4n) is 1.42. The summed E-state index contributed by atoms with van der Waals surface area (Å²) in [4.78, 5) is 10.7. The van der Waals surface area contributed by atoms with E-state index in [2.05, 4.69) is 10.2 Å². The first-order valence-electron chi connectivity index (χ1n) is 4.29. The number of alkyl halides is 3. The number of rotatable bonds is 1. The second-order valence-corrected chi connectivity index (χ2v) is 3.66.